The maximum absolute atomic E-state index is 13.6. The monoisotopic (exact) mass is 500 g/mol. The zero-order chi connectivity index (χ0) is 24.9. The number of carbonyl (C=O) groups excluding carboxylic acids is 2. The van der Waals surface area contributed by atoms with Crippen LogP contribution in [-0.2, 0) is 14.3 Å². The van der Waals surface area contributed by atoms with Crippen molar-refractivity contribution >= 4 is 29.1 Å². The second-order valence-corrected chi connectivity index (χ2v) is 8.84. The van der Waals surface area contributed by atoms with Gasteiger partial charge in [-0.2, -0.15) is 0 Å². The average molecular weight is 501 g/mol. The maximum atomic E-state index is 13.6. The number of methoxy groups -OCH3 is 1. The zero-order valence-electron chi connectivity index (χ0n) is 19.8. The Kier molecular flexibility index (Phi) is 7.95. The summed E-state index contributed by atoms with van der Waals surface area (Å²) in [7, 11) is 1.48. The smallest absolute Gasteiger partial charge is 0.295 e. The first-order chi connectivity index (χ1) is 16.9. The van der Waals surface area contributed by atoms with Crippen LogP contribution >= 0.6 is 11.6 Å². The predicted octanol–water partition coefficient (Wildman–Crippen LogP) is 0.886. The van der Waals surface area contributed by atoms with Crippen LogP contribution in [0.15, 0.2) is 48.0 Å². The lowest BCUT2D eigenvalue weighted by molar-refractivity contribution is -0.907. The van der Waals surface area contributed by atoms with E-state index in [9.17, 15) is 14.7 Å². The van der Waals surface area contributed by atoms with E-state index in [0.29, 0.717) is 50.0 Å². The van der Waals surface area contributed by atoms with Gasteiger partial charge in [-0.05, 0) is 42.3 Å². The molecule has 2 aliphatic rings. The molecule has 2 fully saturated rings. The summed E-state index contributed by atoms with van der Waals surface area (Å²) in [5, 5.41) is 13.8. The van der Waals surface area contributed by atoms with Gasteiger partial charge in [0.05, 0.1) is 51.1 Å². The van der Waals surface area contributed by atoms with E-state index < -0.39 is 23.5 Å². The van der Waals surface area contributed by atoms with Crippen LogP contribution in [0.25, 0.3) is 5.76 Å². The van der Waals surface area contributed by atoms with E-state index in [2.05, 4.69) is 0 Å². The number of likely N-dealkylation sites (tertiary alicyclic amines) is 1. The van der Waals surface area contributed by atoms with Crippen molar-refractivity contribution in [1.82, 2.24) is 4.90 Å². The van der Waals surface area contributed by atoms with Gasteiger partial charge in [-0.1, -0.05) is 35.6 Å². The summed E-state index contributed by atoms with van der Waals surface area (Å²) in [6.07, 6.45) is 0. The van der Waals surface area contributed by atoms with Crippen LogP contribution in [0.5, 0.6) is 11.5 Å². The number of Topliss-reactive ketones (excluding diaryl/α,β-unsaturated/α-hetero) is 1. The Morgan fingerprint density at radius 2 is 1.89 bits per heavy atom. The van der Waals surface area contributed by atoms with Crippen LogP contribution in [0.3, 0.4) is 0 Å². The molecule has 0 aromatic heterocycles. The number of amides is 1. The SMILES string of the molecule is CCOc1ccc(C2C(=C([O-])c3ccc(OC)c(Cl)c3)C(=O)C(=O)N2CC[NH+]2CCOCC2)cc1. The molecule has 1 unspecified atom stereocenters. The van der Waals surface area contributed by atoms with Crippen LogP contribution in [0.1, 0.15) is 24.1 Å². The van der Waals surface area contributed by atoms with Crippen molar-refractivity contribution < 1.29 is 33.8 Å². The van der Waals surface area contributed by atoms with Gasteiger partial charge >= 0.3 is 0 Å². The third kappa shape index (κ3) is 5.29. The highest BCUT2D eigenvalue weighted by atomic mass is 35.5. The molecular formula is C26H29ClN2O6. The first-order valence-electron chi connectivity index (χ1n) is 11.7. The molecule has 2 heterocycles. The Morgan fingerprint density at radius 1 is 1.17 bits per heavy atom. The summed E-state index contributed by atoms with van der Waals surface area (Å²) in [6.45, 7) is 6.42. The first-order valence-corrected chi connectivity index (χ1v) is 12.1. The van der Waals surface area contributed by atoms with Gasteiger partial charge in [-0.3, -0.25) is 9.59 Å². The number of halogens is 1. The zero-order valence-corrected chi connectivity index (χ0v) is 20.6. The lowest BCUT2D eigenvalue weighted by atomic mass is 9.95. The Bertz CT molecular complexity index is 1110. The molecule has 35 heavy (non-hydrogen) atoms. The largest absolute Gasteiger partial charge is 0.872 e. The molecule has 0 spiro atoms. The molecule has 2 aromatic carbocycles. The summed E-state index contributed by atoms with van der Waals surface area (Å²) in [5.74, 6) is -0.878. The van der Waals surface area contributed by atoms with Crippen molar-refractivity contribution in [3.63, 3.8) is 0 Å². The normalized spacial score (nSPS) is 20.3. The van der Waals surface area contributed by atoms with Gasteiger partial charge in [0, 0.05) is 5.57 Å². The molecule has 2 aromatic rings. The molecule has 1 N–H and O–H groups in total. The average Bonchev–Trinajstić information content (AvgIpc) is 3.13. The fourth-order valence-electron chi connectivity index (χ4n) is 4.51. The van der Waals surface area contributed by atoms with Crippen molar-refractivity contribution in [1.29, 1.82) is 0 Å². The standard InChI is InChI=1S/C26H29ClN2O6/c1-3-35-19-7-4-17(5-8-19)23-22(24(30)18-6-9-21(33-2)20(27)16-18)25(31)26(32)29(23)11-10-28-12-14-34-15-13-28/h4-9,16,23,30H,3,10-15H2,1-2H3. The Hall–Kier alpha value is -3.07. The van der Waals surface area contributed by atoms with Crippen LogP contribution < -0.4 is 19.5 Å². The van der Waals surface area contributed by atoms with Gasteiger partial charge in [0.15, 0.2) is 0 Å². The molecule has 1 amide bonds. The molecule has 186 valence electrons. The summed E-state index contributed by atoms with van der Waals surface area (Å²) in [5.41, 5.74) is 0.827. The van der Waals surface area contributed by atoms with Gasteiger partial charge < -0.3 is 29.1 Å². The Labute approximate surface area is 209 Å². The number of ketones is 1. The second-order valence-electron chi connectivity index (χ2n) is 8.44. The number of morpholine rings is 1. The number of benzene rings is 2. The number of carbonyl (C=O) groups is 2. The van der Waals surface area contributed by atoms with Crippen molar-refractivity contribution in [2.24, 2.45) is 0 Å². The lowest BCUT2D eigenvalue weighted by Gasteiger charge is -2.30. The van der Waals surface area contributed by atoms with E-state index in [0.717, 1.165) is 13.1 Å². The van der Waals surface area contributed by atoms with E-state index in [4.69, 9.17) is 25.8 Å². The second kappa shape index (κ2) is 11.1. The van der Waals surface area contributed by atoms with Crippen molar-refractivity contribution in [2.75, 3.05) is 53.1 Å². The number of hydrogen-bond donors (Lipinski definition) is 1. The van der Waals surface area contributed by atoms with Crippen LogP contribution in [0, 0.1) is 0 Å². The minimum Gasteiger partial charge on any atom is -0.872 e. The third-order valence-corrected chi connectivity index (χ3v) is 6.65. The van der Waals surface area contributed by atoms with Gasteiger partial charge in [0.2, 0.25) is 5.78 Å². The third-order valence-electron chi connectivity index (χ3n) is 6.36. The molecule has 0 radical (unpaired) electrons. The maximum Gasteiger partial charge on any atom is 0.295 e. The summed E-state index contributed by atoms with van der Waals surface area (Å²) >= 11 is 6.23. The molecule has 4 rings (SSSR count). The predicted molar refractivity (Wildman–Crippen MR) is 128 cm³/mol. The van der Waals surface area contributed by atoms with E-state index in [-0.39, 0.29) is 16.2 Å². The quantitative estimate of drug-likeness (QED) is 0.329. The van der Waals surface area contributed by atoms with Crippen molar-refractivity contribution in [3.05, 3.63) is 64.2 Å². The molecule has 1 atom stereocenters. The lowest BCUT2D eigenvalue weighted by Crippen LogP contribution is -3.14. The highest BCUT2D eigenvalue weighted by Crippen LogP contribution is 2.39. The summed E-state index contributed by atoms with van der Waals surface area (Å²) < 4.78 is 16.1. The highest BCUT2D eigenvalue weighted by molar-refractivity contribution is 6.46. The Balaban J connectivity index is 1.73. The van der Waals surface area contributed by atoms with Gasteiger partial charge in [-0.15, -0.1) is 0 Å². The van der Waals surface area contributed by atoms with Crippen LogP contribution in [0.2, 0.25) is 5.02 Å². The minimum absolute atomic E-state index is 0.0719. The fourth-order valence-corrected chi connectivity index (χ4v) is 4.77. The van der Waals surface area contributed by atoms with Crippen molar-refractivity contribution in [2.45, 2.75) is 13.0 Å². The minimum atomic E-state index is -0.792. The van der Waals surface area contributed by atoms with E-state index in [1.165, 1.54) is 23.0 Å². The first kappa shape index (κ1) is 25.0. The molecular weight excluding hydrogens is 472 g/mol. The molecule has 2 aliphatic heterocycles. The Morgan fingerprint density at radius 3 is 2.51 bits per heavy atom. The van der Waals surface area contributed by atoms with Gasteiger partial charge in [0.1, 0.15) is 24.6 Å². The van der Waals surface area contributed by atoms with E-state index >= 15 is 0 Å². The number of ether oxygens (including phenoxy) is 3. The summed E-state index contributed by atoms with van der Waals surface area (Å²) in [6, 6.07) is 10.9. The van der Waals surface area contributed by atoms with Gasteiger partial charge in [0.25, 0.3) is 5.91 Å². The topological polar surface area (TPSA) is 92.6 Å². The van der Waals surface area contributed by atoms with Crippen LogP contribution in [0.4, 0.5) is 0 Å². The highest BCUT2D eigenvalue weighted by Gasteiger charge is 2.44. The molecule has 9 heteroatoms. The number of rotatable bonds is 8. The molecule has 0 bridgehead atoms. The number of hydrogen-bond acceptors (Lipinski definition) is 6. The molecule has 8 nitrogen and oxygen atoms in total. The molecule has 0 aliphatic carbocycles. The molecule has 2 saturated heterocycles. The van der Waals surface area contributed by atoms with E-state index in [1.54, 1.807) is 36.4 Å². The van der Waals surface area contributed by atoms with Gasteiger partial charge in [-0.25, -0.2) is 0 Å². The number of nitrogens with zero attached hydrogens (tertiary/aromatic N) is 1. The van der Waals surface area contributed by atoms with E-state index in [1.807, 2.05) is 6.92 Å². The number of nitrogens with one attached hydrogen (secondary N) is 1. The fraction of sp³-hybridized carbons (Fsp3) is 0.385. The summed E-state index contributed by atoms with van der Waals surface area (Å²) in [4.78, 5) is 29.1. The molecule has 0 saturated carbocycles. The van der Waals surface area contributed by atoms with Crippen molar-refractivity contribution in [3.8, 4) is 11.5 Å². The van der Waals surface area contributed by atoms with Crippen LogP contribution in [-0.4, -0.2) is 69.7 Å². The number of quaternary nitrogens is 1.